The number of carbonyl (C=O) groups excluding carboxylic acids is 1. The molecule has 0 aliphatic carbocycles. The monoisotopic (exact) mass is 464 g/mol. The highest BCUT2D eigenvalue weighted by molar-refractivity contribution is 5.79. The molecule has 1 atom stereocenters. The van der Waals surface area contributed by atoms with E-state index in [1.54, 1.807) is 12.1 Å². The lowest BCUT2D eigenvalue weighted by Crippen LogP contribution is -2.45. The minimum Gasteiger partial charge on any atom is -0.342 e. The lowest BCUT2D eigenvalue weighted by atomic mass is 9.96. The quantitative estimate of drug-likeness (QED) is 0.380. The number of hydrogen-bond acceptors (Lipinski definition) is 3. The van der Waals surface area contributed by atoms with Crippen molar-refractivity contribution in [2.75, 3.05) is 26.2 Å². The van der Waals surface area contributed by atoms with E-state index in [-0.39, 0.29) is 11.7 Å². The molecule has 0 spiro atoms. The van der Waals surface area contributed by atoms with Crippen LogP contribution in [0.25, 0.3) is 16.7 Å². The Balaban J connectivity index is 1.53. The molecule has 0 unspecified atom stereocenters. The highest BCUT2D eigenvalue weighted by atomic mass is 19.1. The fraction of sp³-hybridized carbons (Fsp3) is 0.500. The van der Waals surface area contributed by atoms with Crippen LogP contribution in [-0.4, -0.2) is 51.4 Å². The Kier molecular flexibility index (Phi) is 8.33. The number of fused-ring (bicyclic) bond motifs is 1. The maximum absolute atomic E-state index is 13.6. The van der Waals surface area contributed by atoms with Crippen molar-refractivity contribution in [3.05, 3.63) is 60.2 Å². The fourth-order valence-electron chi connectivity index (χ4n) is 4.95. The number of nitrogens with zero attached hydrogens (tertiary/aromatic N) is 4. The summed E-state index contributed by atoms with van der Waals surface area (Å²) in [5.74, 6) is 1.04. The lowest BCUT2D eigenvalue weighted by molar-refractivity contribution is -0.137. The second kappa shape index (κ2) is 11.6. The van der Waals surface area contributed by atoms with Gasteiger partial charge in [0.05, 0.1) is 23.5 Å². The molecular weight excluding hydrogens is 427 g/mol. The zero-order valence-corrected chi connectivity index (χ0v) is 20.5. The minimum atomic E-state index is -0.247. The van der Waals surface area contributed by atoms with E-state index < -0.39 is 0 Å². The number of rotatable bonds is 10. The second-order valence-electron chi connectivity index (χ2n) is 9.44. The first-order valence-corrected chi connectivity index (χ1v) is 12.8. The first-order valence-electron chi connectivity index (χ1n) is 12.8. The number of benzene rings is 2. The normalized spacial score (nSPS) is 16.7. The molecule has 0 bridgehead atoms. The van der Waals surface area contributed by atoms with Crippen molar-refractivity contribution in [1.82, 2.24) is 19.4 Å². The van der Waals surface area contributed by atoms with Crippen molar-refractivity contribution < 1.29 is 9.18 Å². The van der Waals surface area contributed by atoms with Crippen LogP contribution in [0, 0.1) is 11.7 Å². The van der Waals surface area contributed by atoms with E-state index in [4.69, 9.17) is 4.98 Å². The highest BCUT2D eigenvalue weighted by Crippen LogP contribution is 2.26. The smallest absolute Gasteiger partial charge is 0.226 e. The van der Waals surface area contributed by atoms with Gasteiger partial charge in [0.2, 0.25) is 5.91 Å². The topological polar surface area (TPSA) is 41.4 Å². The van der Waals surface area contributed by atoms with Crippen molar-refractivity contribution in [3.8, 4) is 5.69 Å². The van der Waals surface area contributed by atoms with E-state index in [0.29, 0.717) is 12.5 Å². The molecule has 182 valence electrons. The van der Waals surface area contributed by atoms with Gasteiger partial charge in [-0.1, -0.05) is 38.8 Å². The van der Waals surface area contributed by atoms with Gasteiger partial charge in [0.25, 0.3) is 0 Å². The van der Waals surface area contributed by atoms with E-state index in [2.05, 4.69) is 34.3 Å². The molecule has 1 aliphatic rings. The van der Waals surface area contributed by atoms with E-state index in [0.717, 1.165) is 87.2 Å². The summed E-state index contributed by atoms with van der Waals surface area (Å²) in [7, 11) is 0. The van der Waals surface area contributed by atoms with E-state index in [9.17, 15) is 9.18 Å². The minimum absolute atomic E-state index is 0.0473. The summed E-state index contributed by atoms with van der Waals surface area (Å²) in [4.78, 5) is 22.8. The average molecular weight is 465 g/mol. The number of para-hydroxylation sites is 2. The number of piperidine rings is 1. The standard InChI is InChI=1S/C28H37FN4O/c1-3-5-18-32(19-6-4-2)28(34)22-10-9-17-31(20-22)21-27-30-25-11-7-8-12-26(25)33(27)24-15-13-23(29)14-16-24/h7-8,11-16,22H,3-6,9-10,17-21H2,1-2H3/t22-/m1/s1. The zero-order chi connectivity index (χ0) is 23.9. The van der Waals surface area contributed by atoms with Crippen LogP contribution >= 0.6 is 0 Å². The summed E-state index contributed by atoms with van der Waals surface area (Å²) in [5, 5.41) is 0. The molecule has 0 radical (unpaired) electrons. The van der Waals surface area contributed by atoms with Crippen molar-refractivity contribution in [1.29, 1.82) is 0 Å². The molecule has 1 saturated heterocycles. The van der Waals surface area contributed by atoms with Crippen molar-refractivity contribution in [2.45, 2.75) is 58.9 Å². The highest BCUT2D eigenvalue weighted by Gasteiger charge is 2.30. The molecule has 1 aromatic heterocycles. The molecule has 1 amide bonds. The Morgan fingerprint density at radius 1 is 1.06 bits per heavy atom. The Morgan fingerprint density at radius 3 is 2.47 bits per heavy atom. The van der Waals surface area contributed by atoms with Gasteiger partial charge in [0.1, 0.15) is 11.6 Å². The summed E-state index contributed by atoms with van der Waals surface area (Å²) >= 11 is 0. The average Bonchev–Trinajstić information content (AvgIpc) is 3.22. The van der Waals surface area contributed by atoms with Crippen LogP contribution in [0.4, 0.5) is 4.39 Å². The van der Waals surface area contributed by atoms with Gasteiger partial charge < -0.3 is 4.90 Å². The number of imidazole rings is 1. The molecule has 2 heterocycles. The van der Waals surface area contributed by atoms with Crippen LogP contribution in [0.3, 0.4) is 0 Å². The van der Waals surface area contributed by atoms with Gasteiger partial charge >= 0.3 is 0 Å². The summed E-state index contributed by atoms with van der Waals surface area (Å²) in [6.07, 6.45) is 6.31. The van der Waals surface area contributed by atoms with Crippen LogP contribution in [0.5, 0.6) is 0 Å². The van der Waals surface area contributed by atoms with E-state index >= 15 is 0 Å². The second-order valence-corrected chi connectivity index (χ2v) is 9.44. The number of carbonyl (C=O) groups is 1. The number of halogens is 1. The van der Waals surface area contributed by atoms with Crippen LogP contribution in [0.2, 0.25) is 0 Å². The van der Waals surface area contributed by atoms with Crippen LogP contribution in [0.15, 0.2) is 48.5 Å². The Labute approximate surface area is 202 Å². The van der Waals surface area contributed by atoms with Crippen LogP contribution < -0.4 is 0 Å². The molecule has 5 nitrogen and oxygen atoms in total. The van der Waals surface area contributed by atoms with Gasteiger partial charge in [-0.2, -0.15) is 0 Å². The maximum atomic E-state index is 13.6. The Morgan fingerprint density at radius 2 is 1.76 bits per heavy atom. The molecule has 1 aliphatic heterocycles. The van der Waals surface area contributed by atoms with Crippen LogP contribution in [0.1, 0.15) is 58.2 Å². The maximum Gasteiger partial charge on any atom is 0.226 e. The predicted octanol–water partition coefficient (Wildman–Crippen LogP) is 5.81. The largest absolute Gasteiger partial charge is 0.342 e. The van der Waals surface area contributed by atoms with E-state index in [1.807, 2.05) is 18.2 Å². The number of hydrogen-bond donors (Lipinski definition) is 0. The number of aromatic nitrogens is 2. The van der Waals surface area contributed by atoms with Gasteiger partial charge in [0, 0.05) is 25.3 Å². The third-order valence-corrected chi connectivity index (χ3v) is 6.81. The van der Waals surface area contributed by atoms with Crippen LogP contribution in [-0.2, 0) is 11.3 Å². The number of amides is 1. The first kappa shape index (κ1) is 24.4. The Hall–Kier alpha value is -2.73. The molecular formula is C28H37FN4O. The molecule has 0 N–H and O–H groups in total. The van der Waals surface area contributed by atoms with Crippen molar-refractivity contribution >= 4 is 16.9 Å². The van der Waals surface area contributed by atoms with Gasteiger partial charge in [-0.15, -0.1) is 0 Å². The van der Waals surface area contributed by atoms with Gasteiger partial charge in [-0.25, -0.2) is 9.37 Å². The molecule has 2 aromatic carbocycles. The first-order chi connectivity index (χ1) is 16.6. The zero-order valence-electron chi connectivity index (χ0n) is 20.5. The number of likely N-dealkylation sites (tertiary alicyclic amines) is 1. The molecule has 0 saturated carbocycles. The van der Waals surface area contributed by atoms with Crippen molar-refractivity contribution in [2.24, 2.45) is 5.92 Å². The van der Waals surface area contributed by atoms with Gasteiger partial charge in [0.15, 0.2) is 0 Å². The van der Waals surface area contributed by atoms with E-state index in [1.165, 1.54) is 12.1 Å². The predicted molar refractivity (Wildman–Crippen MR) is 135 cm³/mol. The fourth-order valence-corrected chi connectivity index (χ4v) is 4.95. The summed E-state index contributed by atoms with van der Waals surface area (Å²) < 4.78 is 15.7. The molecule has 4 rings (SSSR count). The summed E-state index contributed by atoms with van der Waals surface area (Å²) in [5.41, 5.74) is 2.84. The SMILES string of the molecule is CCCCN(CCCC)C(=O)[C@@H]1CCCN(Cc2nc3ccccc3n2-c2ccc(F)cc2)C1. The summed E-state index contributed by atoms with van der Waals surface area (Å²) in [6, 6.07) is 14.6. The Bertz CT molecular complexity index is 1070. The van der Waals surface area contributed by atoms with Gasteiger partial charge in [-0.05, 0) is 68.6 Å². The molecule has 1 fully saturated rings. The summed E-state index contributed by atoms with van der Waals surface area (Å²) in [6.45, 7) is 8.48. The van der Waals surface area contributed by atoms with Crippen molar-refractivity contribution in [3.63, 3.8) is 0 Å². The molecule has 6 heteroatoms. The van der Waals surface area contributed by atoms with Gasteiger partial charge in [-0.3, -0.25) is 14.3 Å². The molecule has 3 aromatic rings. The lowest BCUT2D eigenvalue weighted by Gasteiger charge is -2.35. The third-order valence-electron chi connectivity index (χ3n) is 6.81. The molecule has 34 heavy (non-hydrogen) atoms. The number of unbranched alkanes of at least 4 members (excludes halogenated alkanes) is 2. The third kappa shape index (κ3) is 5.66.